The zero-order valence-corrected chi connectivity index (χ0v) is 13.8. The molecule has 0 heterocycles. The molecule has 0 saturated heterocycles. The van der Waals surface area contributed by atoms with Crippen LogP contribution in [-0.4, -0.2) is 37.6 Å². The molecule has 0 aromatic heterocycles. The zero-order valence-electron chi connectivity index (χ0n) is 10.9. The molecule has 0 aliphatic heterocycles. The third-order valence-corrected chi connectivity index (χ3v) is 4.71. The lowest BCUT2D eigenvalue weighted by Crippen LogP contribution is -2.30. The number of rotatable bonds is 6. The Morgan fingerprint density at radius 3 is 2.89 bits per heavy atom. The quantitative estimate of drug-likeness (QED) is 0.547. The van der Waals surface area contributed by atoms with Crippen LogP contribution in [0.3, 0.4) is 0 Å². The van der Waals surface area contributed by atoms with Gasteiger partial charge in [0.15, 0.2) is 0 Å². The van der Waals surface area contributed by atoms with Crippen molar-refractivity contribution in [2.45, 2.75) is 12.8 Å². The first kappa shape index (κ1) is 15.1. The van der Waals surface area contributed by atoms with Crippen LogP contribution < -0.4 is 0 Å². The van der Waals surface area contributed by atoms with Gasteiger partial charge in [-0.05, 0) is 59.5 Å². The van der Waals surface area contributed by atoms with E-state index >= 15 is 0 Å². The van der Waals surface area contributed by atoms with Crippen molar-refractivity contribution in [1.82, 2.24) is 4.90 Å². The number of hydrogen-bond donors (Lipinski definition) is 0. The van der Waals surface area contributed by atoms with Crippen LogP contribution >= 0.6 is 34.2 Å². The Labute approximate surface area is 132 Å². The molecule has 0 unspecified atom stereocenters. The van der Waals surface area contributed by atoms with Crippen molar-refractivity contribution >= 4 is 40.1 Å². The Bertz CT molecular complexity index is 463. The van der Waals surface area contributed by atoms with Crippen LogP contribution in [0.2, 0.25) is 5.02 Å². The van der Waals surface area contributed by atoms with Gasteiger partial charge in [0.25, 0.3) is 5.91 Å². The molecule has 1 aliphatic carbocycles. The van der Waals surface area contributed by atoms with E-state index in [1.54, 1.807) is 24.1 Å². The molecule has 1 fully saturated rings. The highest BCUT2D eigenvalue weighted by Gasteiger charge is 2.21. The summed E-state index contributed by atoms with van der Waals surface area (Å²) in [6.45, 7) is 2.03. The second-order valence-corrected chi connectivity index (χ2v) is 6.44. The van der Waals surface area contributed by atoms with Crippen LogP contribution in [0, 0.1) is 9.49 Å². The predicted octanol–water partition coefficient (Wildman–Crippen LogP) is 3.44. The molecule has 2 rings (SSSR count). The predicted molar refractivity (Wildman–Crippen MR) is 84.7 cm³/mol. The van der Waals surface area contributed by atoms with Crippen molar-refractivity contribution in [3.63, 3.8) is 0 Å². The van der Waals surface area contributed by atoms with Gasteiger partial charge in [0.05, 0.1) is 11.6 Å². The first-order valence-electron chi connectivity index (χ1n) is 6.36. The maximum Gasteiger partial charge on any atom is 0.253 e. The van der Waals surface area contributed by atoms with E-state index in [-0.39, 0.29) is 5.91 Å². The van der Waals surface area contributed by atoms with Crippen LogP contribution in [-0.2, 0) is 4.74 Å². The minimum absolute atomic E-state index is 0.0201. The van der Waals surface area contributed by atoms with Gasteiger partial charge in [-0.15, -0.1) is 0 Å². The third-order valence-electron chi connectivity index (χ3n) is 3.13. The lowest BCUT2D eigenvalue weighted by molar-refractivity contribution is 0.0681. The molecule has 1 aliphatic rings. The van der Waals surface area contributed by atoms with Crippen molar-refractivity contribution in [3.8, 4) is 0 Å². The fourth-order valence-electron chi connectivity index (χ4n) is 1.69. The number of ether oxygens (including phenoxy) is 1. The Hall–Kier alpha value is -0.330. The Kier molecular flexibility index (Phi) is 5.47. The number of amides is 1. The van der Waals surface area contributed by atoms with Gasteiger partial charge in [-0.1, -0.05) is 11.6 Å². The van der Waals surface area contributed by atoms with Crippen LogP contribution in [0.25, 0.3) is 0 Å². The van der Waals surface area contributed by atoms with Gasteiger partial charge in [0, 0.05) is 29.3 Å². The number of nitrogens with zero attached hydrogens (tertiary/aromatic N) is 1. The second kappa shape index (κ2) is 6.90. The van der Waals surface area contributed by atoms with Gasteiger partial charge >= 0.3 is 0 Å². The van der Waals surface area contributed by atoms with E-state index in [0.717, 1.165) is 16.1 Å². The van der Waals surface area contributed by atoms with Crippen LogP contribution in [0.1, 0.15) is 23.2 Å². The van der Waals surface area contributed by atoms with Crippen molar-refractivity contribution in [2.75, 3.05) is 26.8 Å². The maximum atomic E-state index is 12.2. The lowest BCUT2D eigenvalue weighted by Gasteiger charge is -2.17. The molecule has 1 aromatic carbocycles. The molecular weight excluding hydrogens is 377 g/mol. The van der Waals surface area contributed by atoms with Gasteiger partial charge in [0.1, 0.15) is 0 Å². The summed E-state index contributed by atoms with van der Waals surface area (Å²) in [5, 5.41) is 0.616. The highest BCUT2D eigenvalue weighted by Crippen LogP contribution is 2.28. The topological polar surface area (TPSA) is 29.5 Å². The largest absolute Gasteiger partial charge is 0.379 e. The zero-order chi connectivity index (χ0) is 13.8. The minimum atomic E-state index is -0.0201. The maximum absolute atomic E-state index is 12.2. The van der Waals surface area contributed by atoms with Crippen molar-refractivity contribution in [3.05, 3.63) is 32.4 Å². The average molecular weight is 394 g/mol. The van der Waals surface area contributed by atoms with E-state index in [1.165, 1.54) is 12.8 Å². The van der Waals surface area contributed by atoms with E-state index < -0.39 is 0 Å². The third kappa shape index (κ3) is 4.61. The summed E-state index contributed by atoms with van der Waals surface area (Å²) in [7, 11) is 1.79. The summed E-state index contributed by atoms with van der Waals surface area (Å²) in [4.78, 5) is 13.8. The molecule has 0 bridgehead atoms. The molecule has 19 heavy (non-hydrogen) atoms. The van der Waals surface area contributed by atoms with Gasteiger partial charge in [-0.25, -0.2) is 0 Å². The molecule has 104 valence electrons. The highest BCUT2D eigenvalue weighted by atomic mass is 127. The fourth-order valence-corrected chi connectivity index (χ4v) is 2.20. The number of benzene rings is 1. The summed E-state index contributed by atoms with van der Waals surface area (Å²) in [6.07, 6.45) is 2.58. The van der Waals surface area contributed by atoms with E-state index in [0.29, 0.717) is 23.7 Å². The first-order chi connectivity index (χ1) is 9.08. The Morgan fingerprint density at radius 2 is 2.26 bits per heavy atom. The van der Waals surface area contributed by atoms with Crippen LogP contribution in [0.15, 0.2) is 18.2 Å². The molecule has 3 nitrogen and oxygen atoms in total. The average Bonchev–Trinajstić information content (AvgIpc) is 3.21. The van der Waals surface area contributed by atoms with Crippen molar-refractivity contribution in [1.29, 1.82) is 0 Å². The number of carbonyl (C=O) groups is 1. The second-order valence-electron chi connectivity index (χ2n) is 4.87. The number of carbonyl (C=O) groups excluding carboxylic acids is 1. The number of likely N-dealkylation sites (N-methyl/N-ethyl adjacent to an activating group) is 1. The van der Waals surface area contributed by atoms with E-state index in [1.807, 2.05) is 6.07 Å². The lowest BCUT2D eigenvalue weighted by atomic mass is 10.2. The highest BCUT2D eigenvalue weighted by molar-refractivity contribution is 14.1. The van der Waals surface area contributed by atoms with E-state index in [9.17, 15) is 4.79 Å². The fraction of sp³-hybridized carbons (Fsp3) is 0.500. The number of hydrogen-bond acceptors (Lipinski definition) is 2. The van der Waals surface area contributed by atoms with Crippen molar-refractivity contribution < 1.29 is 9.53 Å². The monoisotopic (exact) mass is 393 g/mol. The summed E-state index contributed by atoms with van der Waals surface area (Å²) in [6, 6.07) is 5.37. The molecule has 1 amide bonds. The van der Waals surface area contributed by atoms with Crippen LogP contribution in [0.5, 0.6) is 0 Å². The van der Waals surface area contributed by atoms with Gasteiger partial charge in [-0.3, -0.25) is 4.79 Å². The van der Waals surface area contributed by atoms with E-state index in [2.05, 4.69) is 22.6 Å². The molecular formula is C14H17ClINO2. The summed E-state index contributed by atoms with van der Waals surface area (Å²) >= 11 is 8.17. The summed E-state index contributed by atoms with van der Waals surface area (Å²) < 4.78 is 6.49. The van der Waals surface area contributed by atoms with E-state index in [4.69, 9.17) is 16.3 Å². The standard InChI is InChI=1S/C14H17ClINO2/c1-17(6-7-19-9-10-2-3-10)14(18)11-4-5-13(16)12(15)8-11/h4-5,8,10H,2-3,6-7,9H2,1H3. The molecule has 0 N–H and O–H groups in total. The van der Waals surface area contributed by atoms with Crippen molar-refractivity contribution in [2.24, 2.45) is 5.92 Å². The molecule has 0 radical (unpaired) electrons. The molecule has 0 atom stereocenters. The Balaban J connectivity index is 1.81. The van der Waals surface area contributed by atoms with Crippen LogP contribution in [0.4, 0.5) is 0 Å². The number of halogens is 2. The van der Waals surface area contributed by atoms with Gasteiger partial charge in [0.2, 0.25) is 0 Å². The minimum Gasteiger partial charge on any atom is -0.379 e. The summed E-state index contributed by atoms with van der Waals surface area (Å²) in [5.74, 6) is 0.740. The molecule has 1 saturated carbocycles. The Morgan fingerprint density at radius 1 is 1.53 bits per heavy atom. The SMILES string of the molecule is CN(CCOCC1CC1)C(=O)c1ccc(I)c(Cl)c1. The molecule has 1 aromatic rings. The van der Waals surface area contributed by atoms with Gasteiger partial charge < -0.3 is 9.64 Å². The molecule has 0 spiro atoms. The first-order valence-corrected chi connectivity index (χ1v) is 7.82. The smallest absolute Gasteiger partial charge is 0.253 e. The van der Waals surface area contributed by atoms with Gasteiger partial charge in [-0.2, -0.15) is 0 Å². The molecule has 5 heteroatoms. The normalized spacial score (nSPS) is 14.5. The summed E-state index contributed by atoms with van der Waals surface area (Å²) in [5.41, 5.74) is 0.620.